The number of carbonyl (C=O) groups excluding carboxylic acids is 1. The molecule has 0 saturated heterocycles. The van der Waals surface area contributed by atoms with E-state index in [1.165, 1.54) is 25.7 Å². The Morgan fingerprint density at radius 3 is 2.22 bits per heavy atom. The smallest absolute Gasteiger partial charge is 0.224 e. The van der Waals surface area contributed by atoms with Gasteiger partial charge in [0.05, 0.1) is 0 Å². The molecule has 146 valence electrons. The summed E-state index contributed by atoms with van der Waals surface area (Å²) in [6.07, 6.45) is 7.75. The van der Waals surface area contributed by atoms with Gasteiger partial charge in [-0.05, 0) is 49.1 Å². The zero-order chi connectivity index (χ0) is 19.5. The fourth-order valence-electron chi connectivity index (χ4n) is 3.27. The third kappa shape index (κ3) is 7.46. The van der Waals surface area contributed by atoms with Gasteiger partial charge >= 0.3 is 0 Å². The fourth-order valence-corrected chi connectivity index (χ4v) is 3.27. The van der Waals surface area contributed by atoms with Gasteiger partial charge in [-0.3, -0.25) is 4.79 Å². The van der Waals surface area contributed by atoms with Crippen LogP contribution in [0.2, 0.25) is 0 Å². The van der Waals surface area contributed by atoms with Crippen LogP contribution in [-0.2, 0) is 11.4 Å². The molecular formula is C24H33NO2. The Morgan fingerprint density at radius 1 is 0.926 bits per heavy atom. The van der Waals surface area contributed by atoms with Gasteiger partial charge in [0, 0.05) is 12.1 Å². The largest absolute Gasteiger partial charge is 0.488 e. The number of aryl methyl sites for hydroxylation is 2. The lowest BCUT2D eigenvalue weighted by molar-refractivity contribution is -0.116. The highest BCUT2D eigenvalue weighted by atomic mass is 16.5. The number of benzene rings is 2. The first-order chi connectivity index (χ1) is 13.1. The van der Waals surface area contributed by atoms with E-state index in [0.29, 0.717) is 13.0 Å². The number of amides is 1. The van der Waals surface area contributed by atoms with Gasteiger partial charge in [0.25, 0.3) is 0 Å². The van der Waals surface area contributed by atoms with E-state index in [1.807, 2.05) is 44.2 Å². The van der Waals surface area contributed by atoms with Crippen molar-refractivity contribution in [3.05, 3.63) is 59.2 Å². The second-order valence-corrected chi connectivity index (χ2v) is 7.28. The van der Waals surface area contributed by atoms with Crippen LogP contribution < -0.4 is 10.1 Å². The van der Waals surface area contributed by atoms with E-state index in [2.05, 4.69) is 24.4 Å². The molecule has 0 fully saturated rings. The highest BCUT2D eigenvalue weighted by Gasteiger charge is 2.09. The lowest BCUT2D eigenvalue weighted by Crippen LogP contribution is -2.11. The van der Waals surface area contributed by atoms with Gasteiger partial charge in [0.1, 0.15) is 12.4 Å². The van der Waals surface area contributed by atoms with Crippen molar-refractivity contribution in [3.8, 4) is 5.75 Å². The van der Waals surface area contributed by atoms with E-state index in [9.17, 15) is 4.79 Å². The van der Waals surface area contributed by atoms with Crippen LogP contribution in [0.5, 0.6) is 5.75 Å². The molecule has 0 atom stereocenters. The fraction of sp³-hybridized carbons (Fsp3) is 0.458. The van der Waals surface area contributed by atoms with Crippen molar-refractivity contribution in [2.75, 3.05) is 5.32 Å². The van der Waals surface area contributed by atoms with E-state index < -0.39 is 0 Å². The van der Waals surface area contributed by atoms with Gasteiger partial charge in [-0.15, -0.1) is 0 Å². The third-order valence-corrected chi connectivity index (χ3v) is 4.73. The molecule has 2 aromatic carbocycles. The molecule has 0 aromatic heterocycles. The van der Waals surface area contributed by atoms with Crippen LogP contribution in [0.3, 0.4) is 0 Å². The average molecular weight is 368 g/mol. The Balaban J connectivity index is 1.83. The summed E-state index contributed by atoms with van der Waals surface area (Å²) in [4.78, 5) is 12.2. The summed E-state index contributed by atoms with van der Waals surface area (Å²) in [5, 5.41) is 3.03. The molecule has 0 aliphatic heterocycles. The molecule has 0 unspecified atom stereocenters. The number of anilines is 1. The van der Waals surface area contributed by atoms with Gasteiger partial charge in [0.2, 0.25) is 5.91 Å². The first-order valence-electron chi connectivity index (χ1n) is 10.2. The summed E-state index contributed by atoms with van der Waals surface area (Å²) in [6.45, 7) is 6.81. The molecule has 0 aliphatic rings. The third-order valence-electron chi connectivity index (χ3n) is 4.73. The second kappa shape index (κ2) is 11.4. The van der Waals surface area contributed by atoms with E-state index in [-0.39, 0.29) is 5.91 Å². The number of ether oxygens (including phenoxy) is 1. The van der Waals surface area contributed by atoms with E-state index in [1.54, 1.807) is 0 Å². The van der Waals surface area contributed by atoms with Crippen LogP contribution in [0.15, 0.2) is 42.5 Å². The van der Waals surface area contributed by atoms with Gasteiger partial charge in [0.15, 0.2) is 0 Å². The maximum absolute atomic E-state index is 12.2. The predicted molar refractivity (Wildman–Crippen MR) is 113 cm³/mol. The van der Waals surface area contributed by atoms with Gasteiger partial charge in [-0.25, -0.2) is 0 Å². The predicted octanol–water partition coefficient (Wildman–Crippen LogP) is 6.57. The molecule has 27 heavy (non-hydrogen) atoms. The van der Waals surface area contributed by atoms with Crippen molar-refractivity contribution in [1.82, 2.24) is 0 Å². The van der Waals surface area contributed by atoms with Crippen LogP contribution >= 0.6 is 0 Å². The molecule has 2 aromatic rings. The molecule has 0 heterocycles. The zero-order valence-corrected chi connectivity index (χ0v) is 17.0. The standard InChI is InChI=1S/C24H33NO2/c1-4-5-6-7-8-12-15-23(26)25-22-16-19(2)24(20(3)17-22)27-18-21-13-10-9-11-14-21/h9-11,13-14,16-17H,4-8,12,15,18H2,1-3H3,(H,25,26). The summed E-state index contributed by atoms with van der Waals surface area (Å²) < 4.78 is 6.01. The normalized spacial score (nSPS) is 10.6. The molecule has 3 nitrogen and oxygen atoms in total. The summed E-state index contributed by atoms with van der Waals surface area (Å²) in [5.74, 6) is 0.995. The van der Waals surface area contributed by atoms with Crippen molar-refractivity contribution in [2.24, 2.45) is 0 Å². The highest BCUT2D eigenvalue weighted by molar-refractivity contribution is 5.91. The number of unbranched alkanes of at least 4 members (excludes halogenated alkanes) is 5. The number of carbonyl (C=O) groups is 1. The summed E-state index contributed by atoms with van der Waals surface area (Å²) in [6, 6.07) is 14.1. The molecule has 0 bridgehead atoms. The van der Waals surface area contributed by atoms with Crippen molar-refractivity contribution in [3.63, 3.8) is 0 Å². The Kier molecular flexibility index (Phi) is 8.90. The van der Waals surface area contributed by atoms with Crippen LogP contribution in [0.25, 0.3) is 0 Å². The Morgan fingerprint density at radius 2 is 1.56 bits per heavy atom. The minimum atomic E-state index is 0.0993. The van der Waals surface area contributed by atoms with Crippen LogP contribution in [-0.4, -0.2) is 5.91 Å². The van der Waals surface area contributed by atoms with Crippen molar-refractivity contribution in [2.45, 2.75) is 72.3 Å². The number of rotatable bonds is 11. The lowest BCUT2D eigenvalue weighted by Gasteiger charge is -2.15. The average Bonchev–Trinajstić information content (AvgIpc) is 2.65. The SMILES string of the molecule is CCCCCCCCC(=O)Nc1cc(C)c(OCc2ccccc2)c(C)c1. The number of hydrogen-bond acceptors (Lipinski definition) is 2. The molecule has 0 radical (unpaired) electrons. The molecular weight excluding hydrogens is 334 g/mol. The maximum Gasteiger partial charge on any atom is 0.224 e. The van der Waals surface area contributed by atoms with E-state index in [0.717, 1.165) is 41.0 Å². The number of hydrogen-bond donors (Lipinski definition) is 1. The van der Waals surface area contributed by atoms with Crippen LogP contribution in [0, 0.1) is 13.8 Å². The second-order valence-electron chi connectivity index (χ2n) is 7.28. The zero-order valence-electron chi connectivity index (χ0n) is 17.0. The van der Waals surface area contributed by atoms with E-state index in [4.69, 9.17) is 4.74 Å². The highest BCUT2D eigenvalue weighted by Crippen LogP contribution is 2.28. The molecule has 3 heteroatoms. The van der Waals surface area contributed by atoms with Crippen LogP contribution in [0.4, 0.5) is 5.69 Å². The van der Waals surface area contributed by atoms with Gasteiger partial charge < -0.3 is 10.1 Å². The summed E-state index contributed by atoms with van der Waals surface area (Å²) in [5.41, 5.74) is 4.09. The molecule has 0 saturated carbocycles. The van der Waals surface area contributed by atoms with Crippen molar-refractivity contribution < 1.29 is 9.53 Å². The Bertz CT molecular complexity index is 687. The minimum Gasteiger partial charge on any atom is -0.488 e. The first-order valence-corrected chi connectivity index (χ1v) is 10.2. The minimum absolute atomic E-state index is 0.0993. The van der Waals surface area contributed by atoms with E-state index >= 15 is 0 Å². The Labute approximate surface area is 164 Å². The Hall–Kier alpha value is -2.29. The first kappa shape index (κ1) is 21.0. The number of nitrogens with one attached hydrogen (secondary N) is 1. The molecule has 0 aliphatic carbocycles. The quantitative estimate of drug-likeness (QED) is 0.456. The topological polar surface area (TPSA) is 38.3 Å². The summed E-state index contributed by atoms with van der Waals surface area (Å²) >= 11 is 0. The molecule has 1 N–H and O–H groups in total. The lowest BCUT2D eigenvalue weighted by atomic mass is 10.1. The van der Waals surface area contributed by atoms with Gasteiger partial charge in [-0.1, -0.05) is 69.4 Å². The van der Waals surface area contributed by atoms with Crippen molar-refractivity contribution >= 4 is 11.6 Å². The summed E-state index contributed by atoms with van der Waals surface area (Å²) in [7, 11) is 0. The van der Waals surface area contributed by atoms with Gasteiger partial charge in [-0.2, -0.15) is 0 Å². The van der Waals surface area contributed by atoms with Crippen LogP contribution in [0.1, 0.15) is 68.6 Å². The molecule has 0 spiro atoms. The monoisotopic (exact) mass is 367 g/mol. The maximum atomic E-state index is 12.2. The molecule has 2 rings (SSSR count). The van der Waals surface area contributed by atoms with Crippen molar-refractivity contribution in [1.29, 1.82) is 0 Å². The molecule has 1 amide bonds.